The van der Waals surface area contributed by atoms with E-state index in [0.29, 0.717) is 41.6 Å². The number of amides is 2. The van der Waals surface area contributed by atoms with E-state index >= 15 is 0 Å². The second-order valence-corrected chi connectivity index (χ2v) is 10.2. The first-order chi connectivity index (χ1) is 15.4. The minimum atomic E-state index is -2.83. The van der Waals surface area contributed by atoms with E-state index in [0.717, 1.165) is 31.2 Å². The van der Waals surface area contributed by atoms with Crippen LogP contribution < -0.4 is 5.32 Å². The molecule has 2 N–H and O–H groups in total. The van der Waals surface area contributed by atoms with E-state index < -0.39 is 9.73 Å². The molecule has 8 heteroatoms. The molecule has 1 atom stereocenters. The van der Waals surface area contributed by atoms with E-state index in [1.807, 2.05) is 12.1 Å². The van der Waals surface area contributed by atoms with Crippen molar-refractivity contribution in [2.45, 2.75) is 50.5 Å². The Hall–Kier alpha value is -2.87. The number of unbranched alkanes of at least 4 members (excludes halogenated alkanes) is 4. The zero-order chi connectivity index (χ0) is 23.0. The van der Waals surface area contributed by atoms with Crippen LogP contribution in [-0.4, -0.2) is 40.0 Å². The van der Waals surface area contributed by atoms with Crippen molar-refractivity contribution in [2.75, 3.05) is 24.2 Å². The van der Waals surface area contributed by atoms with Gasteiger partial charge in [-0.1, -0.05) is 50.8 Å². The molecule has 1 aliphatic heterocycles. The minimum Gasteiger partial charge on any atom is -0.448 e. The van der Waals surface area contributed by atoms with Crippen molar-refractivity contribution in [3.63, 3.8) is 0 Å². The molecule has 1 saturated heterocycles. The highest BCUT2D eigenvalue weighted by Gasteiger charge is 2.23. The Labute approximate surface area is 190 Å². The van der Waals surface area contributed by atoms with Gasteiger partial charge in [0.15, 0.2) is 0 Å². The summed E-state index contributed by atoms with van der Waals surface area (Å²) in [4.78, 5) is 26.6. The summed E-state index contributed by atoms with van der Waals surface area (Å²) in [5.41, 5.74) is 1.78. The summed E-state index contributed by atoms with van der Waals surface area (Å²) in [6, 6.07) is 13.8. The van der Waals surface area contributed by atoms with Crippen molar-refractivity contribution in [1.82, 2.24) is 4.90 Å². The van der Waals surface area contributed by atoms with Crippen LogP contribution in [0.1, 0.15) is 54.9 Å². The molecule has 0 saturated carbocycles. The number of nitrogens with zero attached hydrogens (tertiary/aromatic N) is 1. The largest absolute Gasteiger partial charge is 0.448 e. The van der Waals surface area contributed by atoms with Crippen LogP contribution in [0.2, 0.25) is 0 Å². The van der Waals surface area contributed by atoms with Gasteiger partial charge in [0.25, 0.3) is 5.91 Å². The zero-order valence-electron chi connectivity index (χ0n) is 18.5. The van der Waals surface area contributed by atoms with E-state index in [2.05, 4.69) is 12.2 Å². The number of rotatable bonds is 11. The van der Waals surface area contributed by atoms with Gasteiger partial charge in [-0.05, 0) is 42.3 Å². The van der Waals surface area contributed by atoms with Gasteiger partial charge in [-0.2, -0.15) is 0 Å². The topological polar surface area (TPSA) is 99.6 Å². The Kier molecular flexibility index (Phi) is 8.27. The van der Waals surface area contributed by atoms with Crippen molar-refractivity contribution >= 4 is 27.4 Å². The molecule has 7 nitrogen and oxygen atoms in total. The quantitative estimate of drug-likeness (QED) is 0.449. The predicted molar refractivity (Wildman–Crippen MR) is 125 cm³/mol. The number of ether oxygens (including phenoxy) is 1. The van der Waals surface area contributed by atoms with Crippen molar-refractivity contribution < 1.29 is 18.5 Å². The lowest BCUT2D eigenvalue weighted by Gasteiger charge is -2.16. The average molecular weight is 458 g/mol. The molecular weight excluding hydrogens is 426 g/mol. The van der Waals surface area contributed by atoms with Crippen LogP contribution in [0.25, 0.3) is 0 Å². The maximum absolute atomic E-state index is 12.9. The van der Waals surface area contributed by atoms with Crippen LogP contribution in [0.3, 0.4) is 0 Å². The van der Waals surface area contributed by atoms with Gasteiger partial charge in [-0.3, -0.25) is 4.79 Å². The van der Waals surface area contributed by atoms with Crippen LogP contribution in [0.15, 0.2) is 53.4 Å². The molecule has 172 valence electrons. The number of hydrogen-bond acceptors (Lipinski definition) is 5. The minimum absolute atomic E-state index is 0.288. The Bertz CT molecular complexity index is 1040. The highest BCUT2D eigenvalue weighted by atomic mass is 32.2. The number of carbonyl (C=O) groups is 2. The lowest BCUT2D eigenvalue weighted by atomic mass is 10.1. The number of carbonyl (C=O) groups excluding carboxylic acids is 2. The molecular formula is C24H31N3O4S. The first kappa shape index (κ1) is 23.8. The second-order valence-electron chi connectivity index (χ2n) is 7.97. The molecule has 3 rings (SSSR count). The number of nitrogens with one attached hydrogen (secondary N) is 2. The lowest BCUT2D eigenvalue weighted by Crippen LogP contribution is -2.25. The van der Waals surface area contributed by atoms with Crippen molar-refractivity contribution in [3.8, 4) is 0 Å². The standard InChI is InChI=1S/C24H31N3O4S/c1-2-3-4-5-8-17-32(25,30)21-13-11-20(12-14-21)26-23(28)22-10-7-6-9-19(22)18-27-15-16-31-24(27)29/h6-7,9-14,25H,2-5,8,15-18H2,1H3,(H,26,28). The molecule has 0 aromatic heterocycles. The highest BCUT2D eigenvalue weighted by molar-refractivity contribution is 7.92. The number of hydrogen-bond donors (Lipinski definition) is 2. The van der Waals surface area contributed by atoms with Crippen LogP contribution in [0, 0.1) is 4.78 Å². The van der Waals surface area contributed by atoms with E-state index in [-0.39, 0.29) is 12.0 Å². The molecule has 1 unspecified atom stereocenters. The molecule has 2 aromatic rings. The third-order valence-corrected chi connectivity index (χ3v) is 7.39. The molecule has 0 spiro atoms. The number of anilines is 1. The van der Waals surface area contributed by atoms with Crippen molar-refractivity contribution in [2.24, 2.45) is 0 Å². The average Bonchev–Trinajstić information content (AvgIpc) is 3.18. The number of cyclic esters (lactones) is 1. The first-order valence-corrected chi connectivity index (χ1v) is 12.8. The van der Waals surface area contributed by atoms with Crippen molar-refractivity contribution in [3.05, 3.63) is 59.7 Å². The Morgan fingerprint density at radius 1 is 1.09 bits per heavy atom. The second kappa shape index (κ2) is 11.1. The molecule has 2 amide bonds. The Morgan fingerprint density at radius 2 is 1.81 bits per heavy atom. The van der Waals surface area contributed by atoms with Gasteiger partial charge in [0.2, 0.25) is 0 Å². The van der Waals surface area contributed by atoms with E-state index in [4.69, 9.17) is 9.52 Å². The monoisotopic (exact) mass is 457 g/mol. The maximum atomic E-state index is 12.9. The smallest absolute Gasteiger partial charge is 0.410 e. The Morgan fingerprint density at radius 3 is 2.50 bits per heavy atom. The van der Waals surface area contributed by atoms with E-state index in [1.165, 1.54) is 6.42 Å². The molecule has 32 heavy (non-hydrogen) atoms. The molecule has 0 aliphatic carbocycles. The summed E-state index contributed by atoms with van der Waals surface area (Å²) in [7, 11) is -2.83. The fourth-order valence-corrected chi connectivity index (χ4v) is 5.06. The maximum Gasteiger partial charge on any atom is 0.410 e. The van der Waals surface area contributed by atoms with Crippen LogP contribution in [0.5, 0.6) is 0 Å². The normalized spacial score (nSPS) is 15.3. The zero-order valence-corrected chi connectivity index (χ0v) is 19.3. The third kappa shape index (κ3) is 6.32. The van der Waals surface area contributed by atoms with Gasteiger partial charge in [-0.15, -0.1) is 0 Å². The fourth-order valence-electron chi connectivity index (χ4n) is 3.64. The van der Waals surface area contributed by atoms with Gasteiger partial charge in [0.1, 0.15) is 6.61 Å². The van der Waals surface area contributed by atoms with Gasteiger partial charge in [0, 0.05) is 28.4 Å². The molecule has 0 radical (unpaired) electrons. The molecule has 1 fully saturated rings. The number of benzene rings is 2. The summed E-state index contributed by atoms with van der Waals surface area (Å²) in [5, 5.41) is 2.85. The van der Waals surface area contributed by atoms with Crippen LogP contribution >= 0.6 is 0 Å². The van der Waals surface area contributed by atoms with Crippen molar-refractivity contribution in [1.29, 1.82) is 4.78 Å². The van der Waals surface area contributed by atoms with Gasteiger partial charge >= 0.3 is 6.09 Å². The van der Waals surface area contributed by atoms with E-state index in [9.17, 15) is 13.8 Å². The molecule has 0 bridgehead atoms. The van der Waals surface area contributed by atoms with E-state index in [1.54, 1.807) is 41.3 Å². The summed E-state index contributed by atoms with van der Waals surface area (Å²) in [6.07, 6.45) is 4.82. The predicted octanol–water partition coefficient (Wildman–Crippen LogP) is 5.27. The van der Waals surface area contributed by atoms with Gasteiger partial charge in [0.05, 0.1) is 16.3 Å². The molecule has 2 aromatic carbocycles. The highest BCUT2D eigenvalue weighted by Crippen LogP contribution is 2.20. The summed E-state index contributed by atoms with van der Waals surface area (Å²) in [6.45, 7) is 3.31. The van der Waals surface area contributed by atoms with Gasteiger partial charge in [-0.25, -0.2) is 13.8 Å². The summed E-state index contributed by atoms with van der Waals surface area (Å²) in [5.74, 6) is 0.0674. The molecule has 1 aliphatic rings. The van der Waals surface area contributed by atoms with Crippen LogP contribution in [0.4, 0.5) is 10.5 Å². The fraction of sp³-hybridized carbons (Fsp3) is 0.417. The molecule has 1 heterocycles. The summed E-state index contributed by atoms with van der Waals surface area (Å²) < 4.78 is 26.0. The van der Waals surface area contributed by atoms with Crippen LogP contribution in [-0.2, 0) is 21.0 Å². The summed E-state index contributed by atoms with van der Waals surface area (Å²) >= 11 is 0. The third-order valence-electron chi connectivity index (χ3n) is 5.50. The Balaban J connectivity index is 1.62. The lowest BCUT2D eigenvalue weighted by molar-refractivity contribution is 0.102. The SMILES string of the molecule is CCCCCCCS(=N)(=O)c1ccc(NC(=O)c2ccccc2CN2CCOC2=O)cc1. The first-order valence-electron chi connectivity index (χ1n) is 11.1. The van der Waals surface area contributed by atoms with Gasteiger partial charge < -0.3 is 15.0 Å².